The van der Waals surface area contributed by atoms with Crippen molar-refractivity contribution < 1.29 is 19.4 Å². The molecule has 1 amide bonds. The van der Waals surface area contributed by atoms with Crippen LogP contribution in [0.15, 0.2) is 45.5 Å². The van der Waals surface area contributed by atoms with Crippen molar-refractivity contribution >= 4 is 48.7 Å². The van der Waals surface area contributed by atoms with Crippen molar-refractivity contribution in [2.24, 2.45) is 5.92 Å². The molecule has 0 spiro atoms. The van der Waals surface area contributed by atoms with E-state index in [-0.39, 0.29) is 36.1 Å². The van der Waals surface area contributed by atoms with Crippen molar-refractivity contribution in [2.75, 3.05) is 20.2 Å². The fourth-order valence-electron chi connectivity index (χ4n) is 5.91. The first-order chi connectivity index (χ1) is 16.8. The molecule has 35 heavy (non-hydrogen) atoms. The molecule has 1 unspecified atom stereocenters. The molecule has 0 radical (unpaired) electrons. The summed E-state index contributed by atoms with van der Waals surface area (Å²) in [4.78, 5) is 15.6. The lowest BCUT2D eigenvalue weighted by Crippen LogP contribution is -2.53. The van der Waals surface area contributed by atoms with Crippen LogP contribution in [-0.4, -0.2) is 57.9 Å². The number of likely N-dealkylation sites (tertiary alicyclic amines) is 1. The molecule has 2 aromatic carbocycles. The molecule has 0 saturated carbocycles. The largest absolute Gasteiger partial charge is 0.506 e. The highest BCUT2D eigenvalue weighted by molar-refractivity contribution is 9.11. The van der Waals surface area contributed by atoms with Gasteiger partial charge in [-0.3, -0.25) is 4.79 Å². The number of phenols is 1. The van der Waals surface area contributed by atoms with Gasteiger partial charge in [-0.05, 0) is 93.1 Å². The number of aliphatic hydroxyl groups excluding tert-OH is 1. The van der Waals surface area contributed by atoms with Gasteiger partial charge >= 0.3 is 0 Å². The van der Waals surface area contributed by atoms with Gasteiger partial charge in [-0.1, -0.05) is 12.1 Å². The molecule has 186 valence electrons. The van der Waals surface area contributed by atoms with Crippen LogP contribution in [0.2, 0.25) is 0 Å². The monoisotopic (exact) mass is 607 g/mol. The second-order valence-electron chi connectivity index (χ2n) is 9.74. The van der Waals surface area contributed by atoms with Crippen molar-refractivity contribution in [3.8, 4) is 5.75 Å². The Kier molecular flexibility index (Phi) is 6.96. The second-order valence-corrected chi connectivity index (χ2v) is 11.4. The molecule has 6 nitrogen and oxygen atoms in total. The molecule has 4 atom stereocenters. The Labute approximate surface area is 220 Å². The number of nitrogens with zero attached hydrogens (tertiary/aromatic N) is 2. The van der Waals surface area contributed by atoms with E-state index in [0.717, 1.165) is 22.9 Å². The van der Waals surface area contributed by atoms with Crippen LogP contribution < -0.4 is 5.32 Å². The summed E-state index contributed by atoms with van der Waals surface area (Å²) in [5.41, 5.74) is 4.17. The smallest absolute Gasteiger partial charge is 0.224 e. The van der Waals surface area contributed by atoms with Gasteiger partial charge in [-0.2, -0.15) is 0 Å². The quantitative estimate of drug-likeness (QED) is 0.386. The van der Waals surface area contributed by atoms with Crippen LogP contribution in [0.1, 0.15) is 29.0 Å². The van der Waals surface area contributed by atoms with Crippen LogP contribution in [0.25, 0.3) is 10.9 Å². The maximum Gasteiger partial charge on any atom is 0.224 e. The minimum absolute atomic E-state index is 0.0643. The Hall–Kier alpha value is -1.94. The molecular weight excluding hydrogens is 581 g/mol. The van der Waals surface area contributed by atoms with Crippen molar-refractivity contribution in [3.63, 3.8) is 0 Å². The number of carbonyl (C=O) groups is 1. The van der Waals surface area contributed by atoms with Crippen LogP contribution in [-0.2, 0) is 24.4 Å². The number of aliphatic hydroxyl groups is 1. The van der Waals surface area contributed by atoms with E-state index >= 15 is 0 Å². The second kappa shape index (κ2) is 9.84. The van der Waals surface area contributed by atoms with Crippen molar-refractivity contribution in [1.82, 2.24) is 14.8 Å². The summed E-state index contributed by atoms with van der Waals surface area (Å²) in [7, 11) is 2.06. The lowest BCUT2D eigenvalue weighted by atomic mass is 9.72. The van der Waals surface area contributed by atoms with Crippen molar-refractivity contribution in [2.45, 2.75) is 44.1 Å². The van der Waals surface area contributed by atoms with E-state index in [2.05, 4.69) is 55.2 Å². The highest BCUT2D eigenvalue weighted by Gasteiger charge is 2.42. The van der Waals surface area contributed by atoms with Crippen LogP contribution in [0.5, 0.6) is 5.75 Å². The zero-order valence-corrected chi connectivity index (χ0v) is 22.5. The van der Waals surface area contributed by atoms with Gasteiger partial charge in [0.1, 0.15) is 5.75 Å². The third kappa shape index (κ3) is 4.52. The minimum Gasteiger partial charge on any atom is -0.506 e. The molecule has 0 bridgehead atoms. The Morgan fingerprint density at radius 1 is 1.29 bits per heavy atom. The number of aromatic nitrogens is 1. The summed E-state index contributed by atoms with van der Waals surface area (Å²) >= 11 is 6.67. The fraction of sp³-hybridized carbons (Fsp3) is 0.423. The van der Waals surface area contributed by atoms with E-state index in [1.54, 1.807) is 16.7 Å². The van der Waals surface area contributed by atoms with Gasteiger partial charge in [0.2, 0.25) is 5.91 Å². The SMILES string of the molecule is CN1C[C@H](C(=O)NC(CO)Cc2cc(Br)c(O)c(Br)c2)C[C@@H]2c3cccc4c3c(cn4CF)C[C@H]21. The lowest BCUT2D eigenvalue weighted by molar-refractivity contribution is -0.128. The average molecular weight is 609 g/mol. The molecule has 1 saturated heterocycles. The fourth-order valence-corrected chi connectivity index (χ4v) is 7.19. The van der Waals surface area contributed by atoms with E-state index < -0.39 is 12.8 Å². The number of benzene rings is 2. The molecule has 1 aromatic heterocycles. The number of rotatable bonds is 6. The highest BCUT2D eigenvalue weighted by Crippen LogP contribution is 2.45. The number of aromatic hydroxyl groups is 1. The van der Waals surface area contributed by atoms with E-state index in [1.165, 1.54) is 11.1 Å². The zero-order chi connectivity index (χ0) is 24.9. The molecule has 1 aliphatic heterocycles. The number of piperidine rings is 1. The third-order valence-corrected chi connectivity index (χ3v) is 8.76. The van der Waals surface area contributed by atoms with Gasteiger partial charge in [0.25, 0.3) is 0 Å². The summed E-state index contributed by atoms with van der Waals surface area (Å²) in [5.74, 6) is 0.0256. The van der Waals surface area contributed by atoms with Gasteiger partial charge in [-0.25, -0.2) is 4.39 Å². The molecule has 9 heteroatoms. The van der Waals surface area contributed by atoms with Crippen molar-refractivity contribution in [1.29, 1.82) is 0 Å². The summed E-state index contributed by atoms with van der Waals surface area (Å²) in [6.45, 7) is -0.0979. The minimum atomic E-state index is -0.549. The third-order valence-electron chi connectivity index (χ3n) is 7.55. The van der Waals surface area contributed by atoms with Gasteiger partial charge in [0, 0.05) is 30.1 Å². The van der Waals surface area contributed by atoms with Crippen LogP contribution in [0.3, 0.4) is 0 Å². The summed E-state index contributed by atoms with van der Waals surface area (Å²) in [5, 5.41) is 24.1. The van der Waals surface area contributed by atoms with Gasteiger partial charge in [-0.15, -0.1) is 0 Å². The van der Waals surface area contributed by atoms with E-state index in [9.17, 15) is 19.4 Å². The van der Waals surface area contributed by atoms with Gasteiger partial charge in [0.05, 0.1) is 33.0 Å². The predicted octanol–water partition coefficient (Wildman–Crippen LogP) is 4.48. The topological polar surface area (TPSA) is 77.7 Å². The summed E-state index contributed by atoms with van der Waals surface area (Å²) in [6.07, 6.45) is 3.94. The highest BCUT2D eigenvalue weighted by atomic mass is 79.9. The number of amides is 1. The maximum absolute atomic E-state index is 13.6. The Morgan fingerprint density at radius 3 is 2.71 bits per heavy atom. The Bertz CT molecular complexity index is 1260. The molecule has 2 heterocycles. The first-order valence-corrected chi connectivity index (χ1v) is 13.3. The van der Waals surface area contributed by atoms with Crippen LogP contribution >= 0.6 is 31.9 Å². The molecule has 1 aliphatic carbocycles. The Balaban J connectivity index is 1.34. The van der Waals surface area contributed by atoms with Gasteiger partial charge in [0.15, 0.2) is 6.80 Å². The first-order valence-electron chi connectivity index (χ1n) is 11.8. The zero-order valence-electron chi connectivity index (χ0n) is 19.3. The van der Waals surface area contributed by atoms with Crippen LogP contribution in [0.4, 0.5) is 4.39 Å². The maximum atomic E-state index is 13.6. The van der Waals surface area contributed by atoms with Crippen LogP contribution in [0, 0.1) is 5.92 Å². The number of nitrogens with one attached hydrogen (secondary N) is 1. The number of phenolic OH excluding ortho intramolecular Hbond substituents is 1. The molecule has 2 aliphatic rings. The number of halogens is 3. The summed E-state index contributed by atoms with van der Waals surface area (Å²) < 4.78 is 16.4. The van der Waals surface area contributed by atoms with Gasteiger partial charge < -0.3 is 25.0 Å². The average Bonchev–Trinajstić information content (AvgIpc) is 3.21. The number of hydrogen-bond acceptors (Lipinski definition) is 4. The standard InChI is InChI=1S/C26H28Br2FN3O3/c1-31-10-16(26(35)30-17(12-33)5-14-6-20(27)25(34)21(28)7-14)8-19-18-3-2-4-22-24(18)15(9-23(19)31)11-32(22)13-29/h2-4,6-7,11,16-17,19,23,33-34H,5,8-10,12-13H2,1H3,(H,30,35)/t16-,17?,19-,23-/m1/s1. The number of hydrogen-bond donors (Lipinski definition) is 3. The molecule has 3 aromatic rings. The van der Waals surface area contributed by atoms with E-state index in [1.807, 2.05) is 18.3 Å². The molecule has 3 N–H and O–H groups in total. The van der Waals surface area contributed by atoms with E-state index in [0.29, 0.717) is 28.3 Å². The normalized spacial score (nSPS) is 22.7. The number of likely N-dealkylation sites (N-methyl/N-ethyl adjacent to an activating group) is 1. The number of alkyl halides is 1. The summed E-state index contributed by atoms with van der Waals surface area (Å²) in [6, 6.07) is 9.48. The molecule has 1 fully saturated rings. The predicted molar refractivity (Wildman–Crippen MR) is 140 cm³/mol. The van der Waals surface area contributed by atoms with E-state index in [4.69, 9.17) is 0 Å². The van der Waals surface area contributed by atoms with Crippen molar-refractivity contribution in [3.05, 3.63) is 62.2 Å². The Morgan fingerprint density at radius 2 is 2.03 bits per heavy atom. The molecular formula is C26H28Br2FN3O3. The molecule has 5 rings (SSSR count). The lowest BCUT2D eigenvalue weighted by Gasteiger charge is -2.45. The first kappa shape index (κ1) is 24.7. The number of fused-ring (bicyclic) bond motifs is 2. The number of carbonyl (C=O) groups excluding carboxylic acids is 1.